The second-order valence-electron chi connectivity index (χ2n) is 6.63. The molecule has 0 radical (unpaired) electrons. The molecule has 4 aromatic rings. The minimum atomic E-state index is -2.61. The highest BCUT2D eigenvalue weighted by molar-refractivity contribution is 5.85. The van der Waals surface area contributed by atoms with Crippen molar-refractivity contribution in [3.8, 4) is 11.3 Å². The van der Waals surface area contributed by atoms with Crippen LogP contribution in [0.2, 0.25) is 0 Å². The molecule has 0 atom stereocenters. The van der Waals surface area contributed by atoms with Crippen LogP contribution in [0.5, 0.6) is 0 Å². The summed E-state index contributed by atoms with van der Waals surface area (Å²) in [5.74, 6) is 0. The van der Waals surface area contributed by atoms with E-state index < -0.39 is 6.43 Å². The summed E-state index contributed by atoms with van der Waals surface area (Å²) in [6.07, 6.45) is -0.817. The van der Waals surface area contributed by atoms with Crippen molar-refractivity contribution in [3.63, 3.8) is 0 Å². The standard InChI is InChI=1S/C20H19F2N5/c1-12-16(11-26(3)24-12)17-9-15(19(21)22)18-13(2)25-27(20(18)23-17)10-14-7-5-4-6-8-14/h4-9,11,19H,10H2,1-3H3. The van der Waals surface area contributed by atoms with E-state index >= 15 is 0 Å². The van der Waals surface area contributed by atoms with Gasteiger partial charge in [0.25, 0.3) is 6.43 Å². The molecule has 138 valence electrons. The maximum Gasteiger partial charge on any atom is 0.264 e. The molecule has 0 aliphatic rings. The Morgan fingerprint density at radius 3 is 2.41 bits per heavy atom. The van der Waals surface area contributed by atoms with E-state index in [0.29, 0.717) is 29.0 Å². The molecule has 0 unspecified atom stereocenters. The first kappa shape index (κ1) is 17.3. The van der Waals surface area contributed by atoms with Crippen LogP contribution in [0.1, 0.15) is 28.9 Å². The van der Waals surface area contributed by atoms with E-state index in [1.165, 1.54) is 6.07 Å². The molecule has 7 heteroatoms. The lowest BCUT2D eigenvalue weighted by molar-refractivity contribution is 0.153. The normalized spacial score (nSPS) is 11.6. The van der Waals surface area contributed by atoms with E-state index in [4.69, 9.17) is 4.98 Å². The Bertz CT molecular complexity index is 1110. The Kier molecular flexibility index (Phi) is 4.22. The molecule has 0 aliphatic carbocycles. The van der Waals surface area contributed by atoms with Gasteiger partial charge in [0.1, 0.15) is 0 Å². The maximum atomic E-state index is 13.8. The van der Waals surface area contributed by atoms with Gasteiger partial charge in [-0.1, -0.05) is 30.3 Å². The van der Waals surface area contributed by atoms with Crippen LogP contribution >= 0.6 is 0 Å². The number of pyridine rings is 1. The monoisotopic (exact) mass is 367 g/mol. The van der Waals surface area contributed by atoms with E-state index in [1.54, 1.807) is 29.5 Å². The zero-order valence-corrected chi connectivity index (χ0v) is 15.3. The van der Waals surface area contributed by atoms with Gasteiger partial charge in [0.15, 0.2) is 5.65 Å². The Morgan fingerprint density at radius 2 is 1.78 bits per heavy atom. The highest BCUT2D eigenvalue weighted by atomic mass is 19.3. The van der Waals surface area contributed by atoms with Crippen molar-refractivity contribution >= 4 is 11.0 Å². The molecule has 0 spiro atoms. The first-order valence-electron chi connectivity index (χ1n) is 8.65. The smallest absolute Gasteiger partial charge is 0.264 e. The number of fused-ring (bicyclic) bond motifs is 1. The van der Waals surface area contributed by atoms with E-state index in [2.05, 4.69) is 10.2 Å². The van der Waals surface area contributed by atoms with Crippen molar-refractivity contribution in [2.24, 2.45) is 7.05 Å². The van der Waals surface area contributed by atoms with E-state index in [1.807, 2.05) is 37.3 Å². The predicted molar refractivity (Wildman–Crippen MR) is 99.7 cm³/mol. The third kappa shape index (κ3) is 3.09. The van der Waals surface area contributed by atoms with Crippen LogP contribution in [0.4, 0.5) is 8.78 Å². The number of nitrogens with zero attached hydrogens (tertiary/aromatic N) is 5. The van der Waals surface area contributed by atoms with Gasteiger partial charge in [-0.15, -0.1) is 0 Å². The molecule has 5 nitrogen and oxygen atoms in total. The second-order valence-corrected chi connectivity index (χ2v) is 6.63. The summed E-state index contributed by atoms with van der Waals surface area (Å²) in [6.45, 7) is 4.05. The first-order chi connectivity index (χ1) is 12.9. The SMILES string of the molecule is Cc1nn(C)cc1-c1cc(C(F)F)c2c(C)nn(Cc3ccccc3)c2n1. The van der Waals surface area contributed by atoms with Gasteiger partial charge in [-0.25, -0.2) is 18.4 Å². The molecule has 0 saturated heterocycles. The fraction of sp³-hybridized carbons (Fsp3) is 0.250. The quantitative estimate of drug-likeness (QED) is 0.536. The number of halogens is 2. The molecule has 0 bridgehead atoms. The van der Waals surface area contributed by atoms with E-state index in [-0.39, 0.29) is 5.56 Å². The Balaban J connectivity index is 1.94. The molecule has 0 saturated carbocycles. The molecule has 0 N–H and O–H groups in total. The lowest BCUT2D eigenvalue weighted by Crippen LogP contribution is -2.03. The maximum absolute atomic E-state index is 13.8. The minimum absolute atomic E-state index is 0.0462. The third-order valence-corrected chi connectivity index (χ3v) is 4.61. The molecule has 3 heterocycles. The summed E-state index contributed by atoms with van der Waals surface area (Å²) in [6, 6.07) is 11.2. The van der Waals surface area contributed by atoms with Crippen LogP contribution in [0.25, 0.3) is 22.3 Å². The van der Waals surface area contributed by atoms with Gasteiger partial charge in [-0.05, 0) is 25.5 Å². The summed E-state index contributed by atoms with van der Waals surface area (Å²) < 4.78 is 31.0. The van der Waals surface area contributed by atoms with Crippen molar-refractivity contribution in [1.82, 2.24) is 24.5 Å². The van der Waals surface area contributed by atoms with Crippen LogP contribution in [-0.4, -0.2) is 24.5 Å². The number of aryl methyl sites for hydroxylation is 3. The van der Waals surface area contributed by atoms with Gasteiger partial charge in [0.2, 0.25) is 0 Å². The number of alkyl halides is 2. The second kappa shape index (κ2) is 6.57. The van der Waals surface area contributed by atoms with Crippen molar-refractivity contribution in [3.05, 3.63) is 65.1 Å². The van der Waals surface area contributed by atoms with Crippen molar-refractivity contribution in [2.75, 3.05) is 0 Å². The number of hydrogen-bond donors (Lipinski definition) is 0. The summed E-state index contributed by atoms with van der Waals surface area (Å²) >= 11 is 0. The number of rotatable bonds is 4. The van der Waals surface area contributed by atoms with Crippen LogP contribution in [-0.2, 0) is 13.6 Å². The van der Waals surface area contributed by atoms with Gasteiger partial charge in [0.05, 0.1) is 29.0 Å². The molecular weight excluding hydrogens is 348 g/mol. The first-order valence-corrected chi connectivity index (χ1v) is 8.65. The van der Waals surface area contributed by atoms with Crippen molar-refractivity contribution < 1.29 is 8.78 Å². The topological polar surface area (TPSA) is 48.5 Å². The van der Waals surface area contributed by atoms with E-state index in [0.717, 1.165) is 16.8 Å². The van der Waals surface area contributed by atoms with Crippen LogP contribution in [0.15, 0.2) is 42.6 Å². The highest BCUT2D eigenvalue weighted by Crippen LogP contribution is 2.33. The Morgan fingerprint density at radius 1 is 1.04 bits per heavy atom. The molecule has 27 heavy (non-hydrogen) atoms. The number of hydrogen-bond acceptors (Lipinski definition) is 3. The van der Waals surface area contributed by atoms with Crippen LogP contribution in [0.3, 0.4) is 0 Å². The van der Waals surface area contributed by atoms with Crippen LogP contribution < -0.4 is 0 Å². The molecule has 1 aromatic carbocycles. The van der Waals surface area contributed by atoms with Gasteiger partial charge in [0, 0.05) is 24.4 Å². The molecule has 0 fully saturated rings. The predicted octanol–water partition coefficient (Wildman–Crippen LogP) is 4.43. The molecular formula is C20H19F2N5. The molecule has 0 aliphatic heterocycles. The summed E-state index contributed by atoms with van der Waals surface area (Å²) in [4.78, 5) is 4.69. The third-order valence-electron chi connectivity index (χ3n) is 4.61. The zero-order chi connectivity index (χ0) is 19.1. The summed E-state index contributed by atoms with van der Waals surface area (Å²) in [7, 11) is 1.80. The zero-order valence-electron chi connectivity index (χ0n) is 15.3. The van der Waals surface area contributed by atoms with Crippen molar-refractivity contribution in [2.45, 2.75) is 26.8 Å². The largest absolute Gasteiger partial charge is 0.275 e. The number of aromatic nitrogens is 5. The fourth-order valence-electron chi connectivity index (χ4n) is 3.41. The lowest BCUT2D eigenvalue weighted by atomic mass is 10.1. The summed E-state index contributed by atoms with van der Waals surface area (Å²) in [5, 5.41) is 9.22. The minimum Gasteiger partial charge on any atom is -0.275 e. The van der Waals surface area contributed by atoms with E-state index in [9.17, 15) is 8.78 Å². The highest BCUT2D eigenvalue weighted by Gasteiger charge is 2.22. The summed E-state index contributed by atoms with van der Waals surface area (Å²) in [5.41, 5.74) is 3.98. The molecule has 3 aromatic heterocycles. The number of benzene rings is 1. The lowest BCUT2D eigenvalue weighted by Gasteiger charge is -2.08. The van der Waals surface area contributed by atoms with Crippen molar-refractivity contribution in [1.29, 1.82) is 0 Å². The van der Waals surface area contributed by atoms with Gasteiger partial charge >= 0.3 is 0 Å². The Labute approximate surface area is 155 Å². The van der Waals surface area contributed by atoms with Crippen LogP contribution in [0, 0.1) is 13.8 Å². The van der Waals surface area contributed by atoms with Gasteiger partial charge in [-0.3, -0.25) is 4.68 Å². The van der Waals surface area contributed by atoms with Gasteiger partial charge in [-0.2, -0.15) is 10.2 Å². The van der Waals surface area contributed by atoms with Gasteiger partial charge < -0.3 is 0 Å². The average Bonchev–Trinajstić information content (AvgIpc) is 3.14. The fourth-order valence-corrected chi connectivity index (χ4v) is 3.41. The molecule has 0 amide bonds. The molecule has 4 rings (SSSR count). The average molecular weight is 367 g/mol. The Hall–Kier alpha value is -3.09.